The Morgan fingerprint density at radius 3 is 2.67 bits per heavy atom. The number of fused-ring (bicyclic) bond motifs is 1. The van der Waals surface area contributed by atoms with Crippen molar-refractivity contribution in [1.82, 2.24) is 13.9 Å². The summed E-state index contributed by atoms with van der Waals surface area (Å²) in [6, 6.07) is 7.01. The quantitative estimate of drug-likeness (QED) is 0.627. The van der Waals surface area contributed by atoms with Gasteiger partial charge in [-0.15, -0.1) is 12.4 Å². The van der Waals surface area contributed by atoms with Crippen molar-refractivity contribution in [3.63, 3.8) is 0 Å². The minimum absolute atomic E-state index is 0. The van der Waals surface area contributed by atoms with Crippen LogP contribution in [0.1, 0.15) is 22.3 Å². The predicted octanol–water partition coefficient (Wildman–Crippen LogP) is 1.50. The van der Waals surface area contributed by atoms with Gasteiger partial charge in [-0.05, 0) is 24.1 Å². The summed E-state index contributed by atoms with van der Waals surface area (Å²) in [6.07, 6.45) is 4.05. The molecule has 1 aromatic carbocycles. The number of benzene rings is 1. The van der Waals surface area contributed by atoms with Crippen LogP contribution in [0, 0.1) is 0 Å². The van der Waals surface area contributed by atoms with Crippen LogP contribution in [-0.4, -0.2) is 49.2 Å². The van der Waals surface area contributed by atoms with Crippen molar-refractivity contribution < 1.29 is 15.0 Å². The van der Waals surface area contributed by atoms with Gasteiger partial charge in [0.1, 0.15) is 5.56 Å². The number of halogens is 2. The maximum atomic E-state index is 12.9. The highest BCUT2D eigenvalue weighted by molar-refractivity contribution is 6.30. The summed E-state index contributed by atoms with van der Waals surface area (Å²) in [4.78, 5) is 39.4. The number of β-amino-alcohol motifs (C(OH)–C–C–N with tert-alkyl or cyclic N) is 1. The van der Waals surface area contributed by atoms with E-state index in [2.05, 4.69) is 0 Å². The molecule has 1 unspecified atom stereocenters. The largest absolute Gasteiger partial charge is 0.503 e. The Hall–Kier alpha value is -2.81. The number of aliphatic hydroxyl groups excluding tert-OH is 1. The molecular formula is C20H19Cl2N3O5. The fourth-order valence-electron chi connectivity index (χ4n) is 3.51. The molecule has 0 saturated carbocycles. The minimum Gasteiger partial charge on any atom is -0.503 e. The van der Waals surface area contributed by atoms with Crippen molar-refractivity contribution in [2.24, 2.45) is 0 Å². The number of aliphatic hydroxyl groups is 1. The third kappa shape index (κ3) is 3.94. The predicted molar refractivity (Wildman–Crippen MR) is 114 cm³/mol. The SMILES string of the molecule is Cl.O=C(c1cn2ccn(Cc3cccc(Cl)c3)c(=O)c2c(O)c1=O)N1CCC(O)C1. The van der Waals surface area contributed by atoms with E-state index in [1.807, 2.05) is 0 Å². The minimum atomic E-state index is -0.908. The molecule has 8 nitrogen and oxygen atoms in total. The molecule has 1 amide bonds. The Kier molecular flexibility index (Phi) is 6.21. The Morgan fingerprint density at radius 1 is 1.23 bits per heavy atom. The van der Waals surface area contributed by atoms with E-state index in [1.54, 1.807) is 24.3 Å². The van der Waals surface area contributed by atoms with E-state index in [0.29, 0.717) is 18.0 Å². The van der Waals surface area contributed by atoms with E-state index in [9.17, 15) is 24.6 Å². The third-order valence-electron chi connectivity index (χ3n) is 5.00. The average molecular weight is 452 g/mol. The van der Waals surface area contributed by atoms with Gasteiger partial charge in [0.2, 0.25) is 5.43 Å². The number of likely N-dealkylation sites (tertiary alicyclic amines) is 1. The van der Waals surface area contributed by atoms with E-state index in [1.165, 1.54) is 32.5 Å². The average Bonchev–Trinajstić information content (AvgIpc) is 3.12. The molecule has 2 aromatic heterocycles. The Balaban J connectivity index is 0.00000256. The van der Waals surface area contributed by atoms with Gasteiger partial charge < -0.3 is 24.1 Å². The monoisotopic (exact) mass is 451 g/mol. The lowest BCUT2D eigenvalue weighted by molar-refractivity contribution is 0.0762. The molecule has 4 rings (SSSR count). The van der Waals surface area contributed by atoms with Crippen LogP contribution in [0.2, 0.25) is 5.02 Å². The molecule has 1 atom stereocenters. The van der Waals surface area contributed by atoms with E-state index in [0.717, 1.165) is 5.56 Å². The van der Waals surface area contributed by atoms with Crippen molar-refractivity contribution in [2.75, 3.05) is 13.1 Å². The van der Waals surface area contributed by atoms with E-state index >= 15 is 0 Å². The van der Waals surface area contributed by atoms with Gasteiger partial charge >= 0.3 is 0 Å². The second-order valence-corrected chi connectivity index (χ2v) is 7.47. The van der Waals surface area contributed by atoms with E-state index in [4.69, 9.17) is 11.6 Å². The Bertz CT molecular complexity index is 1240. The third-order valence-corrected chi connectivity index (χ3v) is 5.24. The van der Waals surface area contributed by atoms with Crippen LogP contribution in [0.15, 0.2) is 52.4 Å². The van der Waals surface area contributed by atoms with Crippen molar-refractivity contribution in [2.45, 2.75) is 19.1 Å². The Morgan fingerprint density at radius 2 is 2.00 bits per heavy atom. The number of rotatable bonds is 3. The van der Waals surface area contributed by atoms with Gasteiger partial charge in [-0.25, -0.2) is 0 Å². The summed E-state index contributed by atoms with van der Waals surface area (Å²) < 4.78 is 2.62. The smallest absolute Gasteiger partial charge is 0.279 e. The number of hydrogen-bond donors (Lipinski definition) is 2. The van der Waals surface area contributed by atoms with Crippen LogP contribution in [0.25, 0.3) is 5.52 Å². The molecule has 3 aromatic rings. The second kappa shape index (κ2) is 8.51. The first-order valence-corrected chi connectivity index (χ1v) is 9.42. The topological polar surface area (TPSA) is 104 Å². The summed E-state index contributed by atoms with van der Waals surface area (Å²) in [7, 11) is 0. The van der Waals surface area contributed by atoms with E-state index < -0.39 is 28.7 Å². The molecular weight excluding hydrogens is 433 g/mol. The number of aromatic hydroxyl groups is 1. The van der Waals surface area contributed by atoms with Gasteiger partial charge in [-0.3, -0.25) is 14.4 Å². The number of carbonyl (C=O) groups is 1. The van der Waals surface area contributed by atoms with Crippen LogP contribution in [0.4, 0.5) is 0 Å². The summed E-state index contributed by atoms with van der Waals surface area (Å²) >= 11 is 5.98. The van der Waals surface area contributed by atoms with Gasteiger partial charge in [-0.1, -0.05) is 23.7 Å². The molecule has 0 bridgehead atoms. The standard InChI is InChI=1S/C20H18ClN3O5.ClH/c21-13-3-1-2-12(8-13)9-24-7-6-22-11-15(17(26)18(27)16(22)20(24)29)19(28)23-5-4-14(25)10-23;/h1-3,6-8,11,14,25,27H,4-5,9-10H2;1H. The molecule has 1 aliphatic heterocycles. The molecule has 3 heterocycles. The number of nitrogens with zero attached hydrogens (tertiary/aromatic N) is 3. The van der Waals surface area contributed by atoms with Gasteiger partial charge in [0.05, 0.1) is 12.6 Å². The summed E-state index contributed by atoms with van der Waals surface area (Å²) in [5.74, 6) is -1.36. The first kappa shape index (κ1) is 21.9. The van der Waals surface area contributed by atoms with Crippen LogP contribution in [0.3, 0.4) is 0 Å². The number of aromatic nitrogens is 2. The zero-order valence-electron chi connectivity index (χ0n) is 15.7. The molecule has 10 heteroatoms. The first-order valence-electron chi connectivity index (χ1n) is 9.04. The summed E-state index contributed by atoms with van der Waals surface area (Å²) in [5, 5.41) is 20.6. The second-order valence-electron chi connectivity index (χ2n) is 7.03. The maximum absolute atomic E-state index is 12.9. The molecule has 0 radical (unpaired) electrons. The fraction of sp³-hybridized carbons (Fsp3) is 0.250. The molecule has 1 aliphatic rings. The van der Waals surface area contributed by atoms with Gasteiger partial charge in [-0.2, -0.15) is 0 Å². The van der Waals surface area contributed by atoms with Gasteiger partial charge in [0.25, 0.3) is 11.5 Å². The molecule has 2 N–H and O–H groups in total. The van der Waals surface area contributed by atoms with Crippen LogP contribution < -0.4 is 11.0 Å². The molecule has 0 aliphatic carbocycles. The highest BCUT2D eigenvalue weighted by Crippen LogP contribution is 2.16. The van der Waals surface area contributed by atoms with Crippen molar-refractivity contribution in [1.29, 1.82) is 0 Å². The Labute approximate surface area is 182 Å². The fourth-order valence-corrected chi connectivity index (χ4v) is 3.72. The van der Waals surface area contributed by atoms with E-state index in [-0.39, 0.29) is 36.6 Å². The number of carbonyl (C=O) groups excluding carboxylic acids is 1. The van der Waals surface area contributed by atoms with Crippen molar-refractivity contribution in [3.05, 3.63) is 79.6 Å². The zero-order chi connectivity index (χ0) is 20.7. The van der Waals surface area contributed by atoms with Crippen LogP contribution in [0.5, 0.6) is 5.75 Å². The van der Waals surface area contributed by atoms with Gasteiger partial charge in [0.15, 0.2) is 11.3 Å². The van der Waals surface area contributed by atoms with Crippen molar-refractivity contribution in [3.8, 4) is 5.75 Å². The molecule has 1 fully saturated rings. The zero-order valence-corrected chi connectivity index (χ0v) is 17.3. The summed E-state index contributed by atoms with van der Waals surface area (Å²) in [6.45, 7) is 0.656. The lowest BCUT2D eigenvalue weighted by Gasteiger charge is -2.16. The molecule has 158 valence electrons. The van der Waals surface area contributed by atoms with Crippen LogP contribution in [-0.2, 0) is 6.54 Å². The summed E-state index contributed by atoms with van der Waals surface area (Å²) in [5.41, 5.74) is -1.16. The lowest BCUT2D eigenvalue weighted by Crippen LogP contribution is -2.34. The normalized spacial score (nSPS) is 15.9. The first-order chi connectivity index (χ1) is 13.8. The van der Waals surface area contributed by atoms with Gasteiger partial charge in [0, 0.05) is 36.7 Å². The number of pyridine rings is 1. The lowest BCUT2D eigenvalue weighted by atomic mass is 10.2. The molecule has 0 spiro atoms. The molecule has 1 saturated heterocycles. The van der Waals surface area contributed by atoms with Crippen LogP contribution >= 0.6 is 24.0 Å². The number of hydrogen-bond acceptors (Lipinski definition) is 5. The van der Waals surface area contributed by atoms with Crippen molar-refractivity contribution >= 4 is 35.4 Å². The maximum Gasteiger partial charge on any atom is 0.279 e. The highest BCUT2D eigenvalue weighted by atomic mass is 35.5. The highest BCUT2D eigenvalue weighted by Gasteiger charge is 2.28. The molecule has 30 heavy (non-hydrogen) atoms. The number of amides is 1.